The summed E-state index contributed by atoms with van der Waals surface area (Å²) in [5.74, 6) is 0.381. The molecule has 158 valence electrons. The Balaban J connectivity index is 0.00000392. The van der Waals surface area contributed by atoms with Gasteiger partial charge in [0, 0.05) is 38.4 Å². The summed E-state index contributed by atoms with van der Waals surface area (Å²) in [6.07, 6.45) is 0. The zero-order valence-corrected chi connectivity index (χ0v) is 19.0. The fourth-order valence-electron chi connectivity index (χ4n) is 3.05. The molecule has 1 atom stereocenters. The summed E-state index contributed by atoms with van der Waals surface area (Å²) in [6, 6.07) is 6.16. The van der Waals surface area contributed by atoms with Gasteiger partial charge in [-0.2, -0.15) is 0 Å². The van der Waals surface area contributed by atoms with E-state index < -0.39 is 0 Å². The minimum atomic E-state index is -0.388. The van der Waals surface area contributed by atoms with Crippen molar-refractivity contribution >= 4 is 41.5 Å². The van der Waals surface area contributed by atoms with Crippen LogP contribution in [0, 0.1) is 11.7 Å². The van der Waals surface area contributed by atoms with Crippen molar-refractivity contribution in [3.63, 3.8) is 0 Å². The smallest absolute Gasteiger partial charge is 0.243 e. The molecule has 0 saturated carbocycles. The Bertz CT molecular complexity index is 639. The molecule has 1 aromatic carbocycles. The molecule has 1 aromatic rings. The first kappa shape index (κ1) is 24.6. The Hall–Kier alpha value is -1.46. The van der Waals surface area contributed by atoms with Gasteiger partial charge in [-0.25, -0.2) is 4.39 Å². The van der Waals surface area contributed by atoms with E-state index in [1.165, 1.54) is 12.1 Å². The number of guanidine groups is 1. The molecule has 0 spiro atoms. The van der Waals surface area contributed by atoms with Crippen LogP contribution in [0.3, 0.4) is 0 Å². The summed E-state index contributed by atoms with van der Waals surface area (Å²) in [4.78, 5) is 18.6. The highest BCUT2D eigenvalue weighted by Crippen LogP contribution is 2.12. The maximum Gasteiger partial charge on any atom is 0.243 e. The number of nitrogens with one attached hydrogen (secondary N) is 3. The topological polar surface area (TPSA) is 78.0 Å². The molecule has 2 rings (SSSR count). The lowest BCUT2D eigenvalue weighted by Gasteiger charge is -2.37. The third-order valence-electron chi connectivity index (χ3n) is 4.51. The molecule has 3 N–H and O–H groups in total. The van der Waals surface area contributed by atoms with Gasteiger partial charge in [-0.1, -0.05) is 19.9 Å². The number of carbonyl (C=O) groups is 1. The fourth-order valence-corrected chi connectivity index (χ4v) is 3.05. The standard InChI is InChI=1S/C19H30FN5O2.HI/c1-14(2)17(25-7-9-27-10-8-25)12-22-19(21-3)23-13-18(26)24-16-6-4-5-15(20)11-16;/h4-6,11,14,17H,7-10,12-13H2,1-3H3,(H,24,26)(H2,21,22,23);1H. The predicted octanol–water partition coefficient (Wildman–Crippen LogP) is 1.90. The van der Waals surface area contributed by atoms with Crippen molar-refractivity contribution in [1.29, 1.82) is 0 Å². The number of aliphatic imine (C=N–C) groups is 1. The van der Waals surface area contributed by atoms with Crippen LogP contribution in [0.4, 0.5) is 10.1 Å². The zero-order chi connectivity index (χ0) is 19.6. The molecule has 1 aliphatic rings. The first-order chi connectivity index (χ1) is 13.0. The van der Waals surface area contributed by atoms with Crippen LogP contribution in [0.25, 0.3) is 0 Å². The molecular weight excluding hydrogens is 476 g/mol. The first-order valence-electron chi connectivity index (χ1n) is 9.31. The number of hydrogen-bond donors (Lipinski definition) is 3. The van der Waals surface area contributed by atoms with E-state index >= 15 is 0 Å². The van der Waals surface area contributed by atoms with Crippen LogP contribution in [0.2, 0.25) is 0 Å². The molecular formula is C19H31FIN5O2. The maximum atomic E-state index is 13.2. The minimum Gasteiger partial charge on any atom is -0.379 e. The molecule has 7 nitrogen and oxygen atoms in total. The van der Waals surface area contributed by atoms with Crippen molar-refractivity contribution in [3.05, 3.63) is 30.1 Å². The Kier molecular flexibility index (Phi) is 11.3. The van der Waals surface area contributed by atoms with Crippen LogP contribution in [0.1, 0.15) is 13.8 Å². The summed E-state index contributed by atoms with van der Waals surface area (Å²) >= 11 is 0. The quantitative estimate of drug-likeness (QED) is 0.299. The largest absolute Gasteiger partial charge is 0.379 e. The lowest BCUT2D eigenvalue weighted by atomic mass is 10.0. The number of carbonyl (C=O) groups excluding carboxylic acids is 1. The fraction of sp³-hybridized carbons (Fsp3) is 0.579. The zero-order valence-electron chi connectivity index (χ0n) is 16.7. The number of rotatable bonds is 7. The maximum absolute atomic E-state index is 13.2. The van der Waals surface area contributed by atoms with Crippen molar-refractivity contribution in [2.75, 3.05) is 51.8 Å². The van der Waals surface area contributed by atoms with E-state index in [-0.39, 0.29) is 42.2 Å². The highest BCUT2D eigenvalue weighted by molar-refractivity contribution is 14.0. The molecule has 1 fully saturated rings. The molecule has 9 heteroatoms. The van der Waals surface area contributed by atoms with E-state index in [1.807, 2.05) is 0 Å². The Morgan fingerprint density at radius 2 is 2.00 bits per heavy atom. The molecule has 0 bridgehead atoms. The van der Waals surface area contributed by atoms with E-state index in [4.69, 9.17) is 4.74 Å². The summed E-state index contributed by atoms with van der Waals surface area (Å²) in [5.41, 5.74) is 0.428. The van der Waals surface area contributed by atoms with Gasteiger partial charge in [0.25, 0.3) is 0 Å². The monoisotopic (exact) mass is 507 g/mol. The van der Waals surface area contributed by atoms with E-state index in [0.717, 1.165) is 32.8 Å². The second kappa shape index (κ2) is 12.9. The molecule has 1 aliphatic heterocycles. The van der Waals surface area contributed by atoms with Gasteiger partial charge < -0.3 is 20.7 Å². The summed E-state index contributed by atoms with van der Waals surface area (Å²) in [5, 5.41) is 8.93. The van der Waals surface area contributed by atoms with Gasteiger partial charge in [-0.05, 0) is 24.1 Å². The highest BCUT2D eigenvalue weighted by Gasteiger charge is 2.23. The van der Waals surface area contributed by atoms with Crippen LogP contribution in [0.5, 0.6) is 0 Å². The second-order valence-electron chi connectivity index (χ2n) is 6.82. The van der Waals surface area contributed by atoms with Crippen LogP contribution >= 0.6 is 24.0 Å². The van der Waals surface area contributed by atoms with Crippen LogP contribution < -0.4 is 16.0 Å². The molecule has 0 radical (unpaired) electrons. The second-order valence-corrected chi connectivity index (χ2v) is 6.82. The van der Waals surface area contributed by atoms with Gasteiger partial charge in [0.2, 0.25) is 5.91 Å². The van der Waals surface area contributed by atoms with Gasteiger partial charge in [0.15, 0.2) is 5.96 Å². The highest BCUT2D eigenvalue weighted by atomic mass is 127. The third-order valence-corrected chi connectivity index (χ3v) is 4.51. The lowest BCUT2D eigenvalue weighted by molar-refractivity contribution is -0.115. The van der Waals surface area contributed by atoms with E-state index in [9.17, 15) is 9.18 Å². The third kappa shape index (κ3) is 8.27. The number of hydrogen-bond acceptors (Lipinski definition) is 4. The number of nitrogens with zero attached hydrogens (tertiary/aromatic N) is 2. The van der Waals surface area contributed by atoms with Crippen LogP contribution in [-0.2, 0) is 9.53 Å². The van der Waals surface area contributed by atoms with Crippen molar-refractivity contribution < 1.29 is 13.9 Å². The van der Waals surface area contributed by atoms with Gasteiger partial charge in [-0.3, -0.25) is 14.7 Å². The molecule has 1 unspecified atom stereocenters. The lowest BCUT2D eigenvalue weighted by Crippen LogP contribution is -2.53. The van der Waals surface area contributed by atoms with E-state index in [2.05, 4.69) is 39.7 Å². The average molecular weight is 507 g/mol. The van der Waals surface area contributed by atoms with Gasteiger partial charge in [0.05, 0.1) is 19.8 Å². The van der Waals surface area contributed by atoms with Crippen molar-refractivity contribution in [1.82, 2.24) is 15.5 Å². The first-order valence-corrected chi connectivity index (χ1v) is 9.31. The molecule has 0 aliphatic carbocycles. The van der Waals surface area contributed by atoms with Gasteiger partial charge in [-0.15, -0.1) is 24.0 Å². The number of benzene rings is 1. The van der Waals surface area contributed by atoms with Crippen molar-refractivity contribution in [2.45, 2.75) is 19.9 Å². The molecule has 1 amide bonds. The number of anilines is 1. The van der Waals surface area contributed by atoms with Gasteiger partial charge in [0.1, 0.15) is 5.82 Å². The summed E-state index contributed by atoms with van der Waals surface area (Å²) < 4.78 is 18.6. The number of morpholine rings is 1. The molecule has 1 saturated heterocycles. The number of halogens is 2. The van der Waals surface area contributed by atoms with E-state index in [0.29, 0.717) is 23.6 Å². The Morgan fingerprint density at radius 1 is 1.29 bits per heavy atom. The SMILES string of the molecule is CN=C(NCC(=O)Nc1cccc(F)c1)NCC(C(C)C)N1CCOCC1.I. The normalized spacial score (nSPS) is 16.2. The van der Waals surface area contributed by atoms with Crippen molar-refractivity contribution in [2.24, 2.45) is 10.9 Å². The van der Waals surface area contributed by atoms with Crippen LogP contribution in [0.15, 0.2) is 29.3 Å². The van der Waals surface area contributed by atoms with E-state index in [1.54, 1.807) is 19.2 Å². The average Bonchev–Trinajstić information content (AvgIpc) is 2.65. The Labute approximate surface area is 183 Å². The summed E-state index contributed by atoms with van der Waals surface area (Å²) in [6.45, 7) is 8.53. The molecule has 0 aromatic heterocycles. The van der Waals surface area contributed by atoms with Gasteiger partial charge >= 0.3 is 0 Å². The Morgan fingerprint density at radius 3 is 2.61 bits per heavy atom. The minimum absolute atomic E-state index is 0. The van der Waals surface area contributed by atoms with Crippen molar-refractivity contribution in [3.8, 4) is 0 Å². The predicted molar refractivity (Wildman–Crippen MR) is 121 cm³/mol. The number of amides is 1. The number of ether oxygens (including phenoxy) is 1. The molecule has 28 heavy (non-hydrogen) atoms. The summed E-state index contributed by atoms with van der Waals surface area (Å²) in [7, 11) is 1.67. The van der Waals surface area contributed by atoms with Crippen LogP contribution in [-0.4, -0.2) is 69.2 Å². The molecule has 1 heterocycles.